The normalized spacial score (nSPS) is 16.3. The van der Waals surface area contributed by atoms with Gasteiger partial charge in [-0.25, -0.2) is 18.7 Å². The SMILES string of the molecule is CC(C)N1CCOc2c(F)cc(-c3nc(Cc4ccc5sc(N6CCN(C)CC6)cc5c4)ncc3F)cc21. The van der Waals surface area contributed by atoms with Crippen LogP contribution < -0.4 is 14.5 Å². The molecule has 0 N–H and O–H groups in total. The summed E-state index contributed by atoms with van der Waals surface area (Å²) in [6, 6.07) is 11.9. The van der Waals surface area contributed by atoms with Gasteiger partial charge in [-0.05, 0) is 62.2 Å². The van der Waals surface area contributed by atoms with E-state index in [0.717, 1.165) is 31.7 Å². The van der Waals surface area contributed by atoms with Crippen molar-refractivity contribution in [2.45, 2.75) is 26.3 Å². The molecule has 4 aromatic rings. The van der Waals surface area contributed by atoms with E-state index in [9.17, 15) is 4.39 Å². The average molecular weight is 536 g/mol. The summed E-state index contributed by atoms with van der Waals surface area (Å²) in [4.78, 5) is 15.7. The van der Waals surface area contributed by atoms with E-state index in [2.05, 4.69) is 56.0 Å². The lowest BCUT2D eigenvalue weighted by molar-refractivity contribution is 0.287. The summed E-state index contributed by atoms with van der Waals surface area (Å²) in [5.41, 5.74) is 2.15. The molecule has 1 saturated heterocycles. The van der Waals surface area contributed by atoms with Gasteiger partial charge in [0.15, 0.2) is 17.4 Å². The molecule has 198 valence electrons. The highest BCUT2D eigenvalue weighted by Crippen LogP contribution is 2.39. The first-order chi connectivity index (χ1) is 18.4. The first-order valence-electron chi connectivity index (χ1n) is 13.1. The Labute approximate surface area is 225 Å². The van der Waals surface area contributed by atoms with E-state index in [1.165, 1.54) is 27.4 Å². The van der Waals surface area contributed by atoms with E-state index >= 15 is 4.39 Å². The molecular weight excluding hydrogens is 504 g/mol. The molecule has 0 amide bonds. The molecule has 0 spiro atoms. The van der Waals surface area contributed by atoms with Crippen molar-refractivity contribution < 1.29 is 13.5 Å². The minimum absolute atomic E-state index is 0.0972. The second-order valence-electron chi connectivity index (χ2n) is 10.3. The molecule has 4 heterocycles. The van der Waals surface area contributed by atoms with Crippen LogP contribution in [0.5, 0.6) is 5.75 Å². The van der Waals surface area contributed by atoms with E-state index in [4.69, 9.17) is 4.74 Å². The fourth-order valence-corrected chi connectivity index (χ4v) is 6.31. The van der Waals surface area contributed by atoms with Gasteiger partial charge in [-0.1, -0.05) is 6.07 Å². The Balaban J connectivity index is 1.28. The van der Waals surface area contributed by atoms with Gasteiger partial charge in [0.1, 0.15) is 18.1 Å². The predicted octanol–water partition coefficient (Wildman–Crippen LogP) is 5.59. The van der Waals surface area contributed by atoms with Crippen molar-refractivity contribution in [3.63, 3.8) is 0 Å². The van der Waals surface area contributed by atoms with Gasteiger partial charge in [0.25, 0.3) is 0 Å². The number of rotatable bonds is 5. The molecule has 0 atom stereocenters. The number of likely N-dealkylation sites (N-methyl/N-ethyl adjacent to an activating group) is 1. The van der Waals surface area contributed by atoms with E-state index in [0.29, 0.717) is 36.6 Å². The van der Waals surface area contributed by atoms with Crippen molar-refractivity contribution in [1.82, 2.24) is 14.9 Å². The largest absolute Gasteiger partial charge is 0.486 e. The maximum Gasteiger partial charge on any atom is 0.178 e. The Morgan fingerprint density at radius 2 is 1.82 bits per heavy atom. The Morgan fingerprint density at radius 3 is 2.61 bits per heavy atom. The van der Waals surface area contributed by atoms with E-state index in [1.807, 2.05) is 25.2 Å². The van der Waals surface area contributed by atoms with Gasteiger partial charge in [0.2, 0.25) is 0 Å². The summed E-state index contributed by atoms with van der Waals surface area (Å²) in [5.74, 6) is -0.388. The molecule has 0 aliphatic carbocycles. The summed E-state index contributed by atoms with van der Waals surface area (Å²) in [6.07, 6.45) is 1.64. The Kier molecular flexibility index (Phi) is 6.65. The highest BCUT2D eigenvalue weighted by atomic mass is 32.1. The number of halogens is 2. The molecule has 2 aliphatic rings. The standard InChI is InChI=1S/C29H31F2N5OS/c1-18(2)36-10-11-37-29-22(30)14-21(15-24(29)36)28-23(31)17-32-26(33-28)13-19-4-5-25-20(12-19)16-27(38-25)35-8-6-34(3)7-9-35/h4-5,12,14-18H,6-11,13H2,1-3H3. The van der Waals surface area contributed by atoms with E-state index in [-0.39, 0.29) is 17.5 Å². The number of hydrogen-bond donors (Lipinski definition) is 0. The zero-order valence-electron chi connectivity index (χ0n) is 21.9. The number of thiophene rings is 1. The van der Waals surface area contributed by atoms with Crippen LogP contribution in [0, 0.1) is 11.6 Å². The summed E-state index contributed by atoms with van der Waals surface area (Å²) < 4.78 is 36.8. The van der Waals surface area contributed by atoms with E-state index < -0.39 is 11.6 Å². The fraction of sp³-hybridized carbons (Fsp3) is 0.379. The second kappa shape index (κ2) is 10.1. The minimum Gasteiger partial charge on any atom is -0.486 e. The van der Waals surface area contributed by atoms with Gasteiger partial charge >= 0.3 is 0 Å². The van der Waals surface area contributed by atoms with Gasteiger partial charge in [-0.3, -0.25) is 0 Å². The number of ether oxygens (including phenoxy) is 1. The molecular formula is C29H31F2N5OS. The smallest absolute Gasteiger partial charge is 0.178 e. The molecule has 2 aliphatic heterocycles. The van der Waals surface area contributed by atoms with Crippen molar-refractivity contribution in [2.75, 3.05) is 56.2 Å². The monoisotopic (exact) mass is 535 g/mol. The summed E-state index contributed by atoms with van der Waals surface area (Å²) in [7, 11) is 2.16. The number of benzene rings is 2. The van der Waals surface area contributed by atoms with Crippen molar-refractivity contribution in [3.05, 3.63) is 65.6 Å². The van der Waals surface area contributed by atoms with Gasteiger partial charge < -0.3 is 19.4 Å². The zero-order valence-corrected chi connectivity index (χ0v) is 22.7. The molecule has 6 rings (SSSR count). The topological polar surface area (TPSA) is 44.7 Å². The summed E-state index contributed by atoms with van der Waals surface area (Å²) >= 11 is 1.81. The van der Waals surface area contributed by atoms with Crippen LogP contribution in [0.25, 0.3) is 21.3 Å². The van der Waals surface area contributed by atoms with Crippen molar-refractivity contribution >= 4 is 32.1 Å². The Morgan fingerprint density at radius 1 is 1.00 bits per heavy atom. The maximum absolute atomic E-state index is 15.0. The van der Waals surface area contributed by atoms with Gasteiger partial charge in [0, 0.05) is 48.9 Å². The van der Waals surface area contributed by atoms with Crippen LogP contribution >= 0.6 is 11.3 Å². The number of fused-ring (bicyclic) bond motifs is 2. The van der Waals surface area contributed by atoms with Crippen LogP contribution in [0.3, 0.4) is 0 Å². The first kappa shape index (κ1) is 25.0. The highest BCUT2D eigenvalue weighted by Gasteiger charge is 2.26. The predicted molar refractivity (Wildman–Crippen MR) is 150 cm³/mol. The quantitative estimate of drug-likeness (QED) is 0.332. The third-order valence-electron chi connectivity index (χ3n) is 7.35. The highest BCUT2D eigenvalue weighted by molar-refractivity contribution is 7.22. The first-order valence-corrected chi connectivity index (χ1v) is 13.9. The molecule has 0 saturated carbocycles. The summed E-state index contributed by atoms with van der Waals surface area (Å²) in [6.45, 7) is 9.36. The third kappa shape index (κ3) is 4.80. The summed E-state index contributed by atoms with van der Waals surface area (Å²) in [5, 5.41) is 2.48. The molecule has 1 fully saturated rings. The average Bonchev–Trinajstić information content (AvgIpc) is 3.33. The molecule has 38 heavy (non-hydrogen) atoms. The lowest BCUT2D eigenvalue weighted by Gasteiger charge is -2.34. The minimum atomic E-state index is -0.578. The van der Waals surface area contributed by atoms with Crippen LogP contribution in [0.2, 0.25) is 0 Å². The van der Waals surface area contributed by atoms with Crippen LogP contribution in [-0.4, -0.2) is 67.3 Å². The van der Waals surface area contributed by atoms with Crippen molar-refractivity contribution in [2.24, 2.45) is 0 Å². The second-order valence-corrected chi connectivity index (χ2v) is 11.4. The lowest BCUT2D eigenvalue weighted by Crippen LogP contribution is -2.44. The molecule has 0 unspecified atom stereocenters. The molecule has 6 nitrogen and oxygen atoms in total. The van der Waals surface area contributed by atoms with Gasteiger partial charge in [0.05, 0.1) is 23.4 Å². The maximum atomic E-state index is 15.0. The van der Waals surface area contributed by atoms with Crippen molar-refractivity contribution in [3.8, 4) is 17.0 Å². The van der Waals surface area contributed by atoms with Gasteiger partial charge in [-0.2, -0.15) is 0 Å². The zero-order chi connectivity index (χ0) is 26.4. The molecule has 9 heteroatoms. The van der Waals surface area contributed by atoms with Crippen LogP contribution in [0.15, 0.2) is 42.6 Å². The Hall–Kier alpha value is -3.30. The molecule has 0 radical (unpaired) electrons. The number of anilines is 2. The van der Waals surface area contributed by atoms with Crippen LogP contribution in [0.4, 0.5) is 19.5 Å². The molecule has 2 aromatic heterocycles. The van der Waals surface area contributed by atoms with E-state index in [1.54, 1.807) is 6.07 Å². The molecule has 0 bridgehead atoms. The number of hydrogen-bond acceptors (Lipinski definition) is 7. The molecule has 2 aromatic carbocycles. The van der Waals surface area contributed by atoms with Crippen LogP contribution in [-0.2, 0) is 6.42 Å². The number of aromatic nitrogens is 2. The number of nitrogens with zero attached hydrogens (tertiary/aromatic N) is 5. The van der Waals surface area contributed by atoms with Gasteiger partial charge in [-0.15, -0.1) is 11.3 Å². The third-order valence-corrected chi connectivity index (χ3v) is 8.52. The van der Waals surface area contributed by atoms with Crippen molar-refractivity contribution in [1.29, 1.82) is 0 Å². The lowest BCUT2D eigenvalue weighted by atomic mass is 10.1. The Bertz CT molecular complexity index is 1480. The van der Waals surface area contributed by atoms with Crippen LogP contribution in [0.1, 0.15) is 25.2 Å². The fourth-order valence-electron chi connectivity index (χ4n) is 5.22. The number of piperazine rings is 1.